The van der Waals surface area contributed by atoms with Gasteiger partial charge < -0.3 is 19.6 Å². The fourth-order valence-corrected chi connectivity index (χ4v) is 1.35. The Morgan fingerprint density at radius 3 is 2.54 bits per heavy atom. The molecule has 13 heavy (non-hydrogen) atoms. The Labute approximate surface area is 77.2 Å². The predicted molar refractivity (Wildman–Crippen MR) is 48.6 cm³/mol. The van der Waals surface area contributed by atoms with E-state index < -0.39 is 19.9 Å². The zero-order valence-corrected chi connectivity index (χ0v) is 8.41. The molecule has 0 bridgehead atoms. The van der Waals surface area contributed by atoms with Crippen molar-refractivity contribution in [3.05, 3.63) is 12.2 Å². The van der Waals surface area contributed by atoms with Crippen LogP contribution in [0.1, 0.15) is 6.92 Å². The Morgan fingerprint density at radius 1 is 1.62 bits per heavy atom. The zero-order chi connectivity index (χ0) is 10.5. The van der Waals surface area contributed by atoms with E-state index in [-0.39, 0.29) is 13.2 Å². The second-order valence-corrected chi connectivity index (χ2v) is 4.67. The molecule has 0 amide bonds. The highest BCUT2D eigenvalue weighted by Gasteiger charge is 2.19. The third-order valence-corrected chi connectivity index (χ3v) is 2.00. The van der Waals surface area contributed by atoms with Crippen molar-refractivity contribution in [2.45, 2.75) is 13.0 Å². The van der Waals surface area contributed by atoms with Crippen molar-refractivity contribution in [3.8, 4) is 0 Å². The summed E-state index contributed by atoms with van der Waals surface area (Å²) in [6, 6.07) is 0. The highest BCUT2D eigenvalue weighted by Crippen LogP contribution is 2.34. The first-order chi connectivity index (χ1) is 5.81. The van der Waals surface area contributed by atoms with Gasteiger partial charge in [0.05, 0.1) is 25.5 Å². The molecule has 1 unspecified atom stereocenters. The van der Waals surface area contributed by atoms with Gasteiger partial charge in [-0.05, 0) is 6.92 Å². The molecule has 0 aromatic carbocycles. The molecule has 0 saturated carbocycles. The molecule has 3 N–H and O–H groups in total. The predicted octanol–water partition coefficient (Wildman–Crippen LogP) is 0.118. The first kappa shape index (κ1) is 12.8. The quantitative estimate of drug-likeness (QED) is 0.428. The van der Waals surface area contributed by atoms with E-state index in [1.807, 2.05) is 0 Å². The summed E-state index contributed by atoms with van der Waals surface area (Å²) in [5.41, 5.74) is 0.795. The van der Waals surface area contributed by atoms with Gasteiger partial charge in [-0.2, -0.15) is 0 Å². The SMILES string of the molecule is C=C(C)COCC(O)CP(=O)(O)O. The van der Waals surface area contributed by atoms with Crippen LogP contribution < -0.4 is 0 Å². The van der Waals surface area contributed by atoms with E-state index in [9.17, 15) is 4.57 Å². The Balaban J connectivity index is 3.58. The molecule has 0 fully saturated rings. The molecule has 0 aliphatic rings. The highest BCUT2D eigenvalue weighted by atomic mass is 31.2. The van der Waals surface area contributed by atoms with Crippen LogP contribution in [0.2, 0.25) is 0 Å². The first-order valence-electron chi connectivity index (χ1n) is 3.76. The fourth-order valence-electron chi connectivity index (χ4n) is 0.696. The molecule has 0 heterocycles. The number of hydrogen-bond donors (Lipinski definition) is 3. The molecule has 5 nitrogen and oxygen atoms in total. The van der Waals surface area contributed by atoms with Gasteiger partial charge in [0.1, 0.15) is 0 Å². The lowest BCUT2D eigenvalue weighted by molar-refractivity contribution is 0.0563. The fraction of sp³-hybridized carbons (Fsp3) is 0.714. The van der Waals surface area contributed by atoms with Crippen LogP contribution in [0.25, 0.3) is 0 Å². The van der Waals surface area contributed by atoms with Gasteiger partial charge in [-0.1, -0.05) is 12.2 Å². The number of rotatable bonds is 6. The van der Waals surface area contributed by atoms with Crippen molar-refractivity contribution < 1.29 is 24.2 Å². The molecule has 0 aliphatic heterocycles. The van der Waals surface area contributed by atoms with Crippen LogP contribution in [0.15, 0.2) is 12.2 Å². The zero-order valence-electron chi connectivity index (χ0n) is 7.51. The van der Waals surface area contributed by atoms with Crippen molar-refractivity contribution >= 4 is 7.60 Å². The van der Waals surface area contributed by atoms with Gasteiger partial charge in [0.2, 0.25) is 0 Å². The van der Waals surface area contributed by atoms with Crippen LogP contribution in [0, 0.1) is 0 Å². The number of hydrogen-bond acceptors (Lipinski definition) is 3. The average molecular weight is 210 g/mol. The maximum absolute atomic E-state index is 10.4. The van der Waals surface area contributed by atoms with E-state index in [1.165, 1.54) is 0 Å². The van der Waals surface area contributed by atoms with Crippen LogP contribution in [-0.2, 0) is 9.30 Å². The lowest BCUT2D eigenvalue weighted by atomic mass is 10.4. The van der Waals surface area contributed by atoms with Crippen molar-refractivity contribution in [1.29, 1.82) is 0 Å². The van der Waals surface area contributed by atoms with Crippen LogP contribution in [-0.4, -0.2) is 40.4 Å². The molecule has 0 aromatic heterocycles. The number of ether oxygens (including phenoxy) is 1. The summed E-state index contributed by atoms with van der Waals surface area (Å²) in [4.78, 5) is 16.9. The van der Waals surface area contributed by atoms with E-state index in [0.29, 0.717) is 0 Å². The molecule has 6 heteroatoms. The maximum atomic E-state index is 10.4. The molecule has 0 spiro atoms. The normalized spacial score (nSPS) is 14.2. The van der Waals surface area contributed by atoms with Crippen molar-refractivity contribution in [2.24, 2.45) is 0 Å². The summed E-state index contributed by atoms with van der Waals surface area (Å²) in [7, 11) is -4.14. The average Bonchev–Trinajstić information content (AvgIpc) is 1.81. The van der Waals surface area contributed by atoms with E-state index in [0.717, 1.165) is 5.57 Å². The van der Waals surface area contributed by atoms with Gasteiger partial charge in [0.15, 0.2) is 0 Å². The van der Waals surface area contributed by atoms with Crippen LogP contribution >= 0.6 is 7.60 Å². The lowest BCUT2D eigenvalue weighted by Crippen LogP contribution is -2.20. The van der Waals surface area contributed by atoms with E-state index in [1.54, 1.807) is 6.92 Å². The number of aliphatic hydroxyl groups is 1. The Bertz CT molecular complexity index is 209. The summed E-state index contributed by atoms with van der Waals surface area (Å²) in [6.45, 7) is 5.53. The monoisotopic (exact) mass is 210 g/mol. The topological polar surface area (TPSA) is 87.0 Å². The van der Waals surface area contributed by atoms with Crippen molar-refractivity contribution in [2.75, 3.05) is 19.4 Å². The molecule has 0 aromatic rings. The van der Waals surface area contributed by atoms with Gasteiger partial charge in [-0.15, -0.1) is 0 Å². The molecule has 0 rings (SSSR count). The van der Waals surface area contributed by atoms with E-state index in [2.05, 4.69) is 6.58 Å². The van der Waals surface area contributed by atoms with E-state index in [4.69, 9.17) is 19.6 Å². The van der Waals surface area contributed by atoms with Crippen molar-refractivity contribution in [1.82, 2.24) is 0 Å². The summed E-state index contributed by atoms with van der Waals surface area (Å²) >= 11 is 0. The summed E-state index contributed by atoms with van der Waals surface area (Å²) < 4.78 is 15.3. The van der Waals surface area contributed by atoms with Gasteiger partial charge in [0.25, 0.3) is 0 Å². The summed E-state index contributed by atoms with van der Waals surface area (Å²) in [6.07, 6.45) is -1.69. The number of aliphatic hydroxyl groups excluding tert-OH is 1. The maximum Gasteiger partial charge on any atom is 0.328 e. The third kappa shape index (κ3) is 9.73. The van der Waals surface area contributed by atoms with Gasteiger partial charge in [-0.25, -0.2) is 0 Å². The van der Waals surface area contributed by atoms with Crippen LogP contribution in [0.3, 0.4) is 0 Å². The van der Waals surface area contributed by atoms with Gasteiger partial charge in [0, 0.05) is 0 Å². The minimum absolute atomic E-state index is 0.0853. The minimum Gasteiger partial charge on any atom is -0.390 e. The Morgan fingerprint density at radius 2 is 2.15 bits per heavy atom. The highest BCUT2D eigenvalue weighted by molar-refractivity contribution is 7.51. The molecule has 0 aliphatic carbocycles. The Hall–Kier alpha value is -0.190. The van der Waals surface area contributed by atoms with Gasteiger partial charge in [-0.3, -0.25) is 4.57 Å². The molecular weight excluding hydrogens is 195 g/mol. The first-order valence-corrected chi connectivity index (χ1v) is 5.56. The molecule has 78 valence electrons. The Kier molecular flexibility index (Phi) is 5.44. The third-order valence-electron chi connectivity index (χ3n) is 1.11. The standard InChI is InChI=1S/C7H15O5P/c1-6(2)3-12-4-7(8)5-13(9,10)11/h7-8H,1,3-5H2,2H3,(H2,9,10,11). The molecule has 0 saturated heterocycles. The molecular formula is C7H15O5P. The summed E-state index contributed by atoms with van der Waals surface area (Å²) in [5, 5.41) is 9.05. The second-order valence-electron chi connectivity index (χ2n) is 2.97. The molecule has 1 atom stereocenters. The van der Waals surface area contributed by atoms with Crippen molar-refractivity contribution in [3.63, 3.8) is 0 Å². The smallest absolute Gasteiger partial charge is 0.328 e. The molecule has 0 radical (unpaired) electrons. The largest absolute Gasteiger partial charge is 0.390 e. The second kappa shape index (κ2) is 5.52. The van der Waals surface area contributed by atoms with Crippen LogP contribution in [0.4, 0.5) is 0 Å². The van der Waals surface area contributed by atoms with Gasteiger partial charge >= 0.3 is 7.60 Å². The van der Waals surface area contributed by atoms with Crippen LogP contribution in [0.5, 0.6) is 0 Å². The van der Waals surface area contributed by atoms with E-state index >= 15 is 0 Å². The lowest BCUT2D eigenvalue weighted by Gasteiger charge is -2.11. The summed E-state index contributed by atoms with van der Waals surface area (Å²) in [5.74, 6) is 0. The minimum atomic E-state index is -4.14.